The summed E-state index contributed by atoms with van der Waals surface area (Å²) in [5.41, 5.74) is -4.75. The van der Waals surface area contributed by atoms with Crippen molar-refractivity contribution >= 4 is 11.8 Å². The SMILES string of the molecule is CCCCCCCCCC(=O)O[C@@H]1[C@@H](C)[C@@]2(O)[C@H]3C=C(C)C(=O)[C@@]3(O)CC(CO)=C[C@H]2[C@@H]2C(C)(C)[C@]12O. The monoisotopic (exact) mass is 518 g/mol. The molecule has 0 amide bonds. The van der Waals surface area contributed by atoms with Crippen molar-refractivity contribution in [3.63, 3.8) is 0 Å². The van der Waals surface area contributed by atoms with Gasteiger partial charge in [-0.25, -0.2) is 0 Å². The van der Waals surface area contributed by atoms with E-state index in [0.717, 1.165) is 19.3 Å². The maximum Gasteiger partial charge on any atom is 0.306 e. The average molecular weight is 519 g/mol. The van der Waals surface area contributed by atoms with Gasteiger partial charge in [-0.3, -0.25) is 9.59 Å². The number of carbonyl (C=O) groups excluding carboxylic acids is 2. The summed E-state index contributed by atoms with van der Waals surface area (Å²) >= 11 is 0. The van der Waals surface area contributed by atoms with Crippen molar-refractivity contribution in [2.24, 2.45) is 29.1 Å². The van der Waals surface area contributed by atoms with Crippen LogP contribution in [0.3, 0.4) is 0 Å². The van der Waals surface area contributed by atoms with Gasteiger partial charge in [0.2, 0.25) is 0 Å². The minimum atomic E-state index is -1.89. The second-order valence-electron chi connectivity index (χ2n) is 12.7. The van der Waals surface area contributed by atoms with E-state index in [0.29, 0.717) is 17.6 Å². The zero-order valence-electron chi connectivity index (χ0n) is 23.1. The van der Waals surface area contributed by atoms with Crippen molar-refractivity contribution < 1.29 is 34.8 Å². The number of hydrogen-bond acceptors (Lipinski definition) is 7. The van der Waals surface area contributed by atoms with Gasteiger partial charge in [0.25, 0.3) is 0 Å². The van der Waals surface area contributed by atoms with Crippen LogP contribution in [0.2, 0.25) is 0 Å². The molecule has 7 nitrogen and oxygen atoms in total. The zero-order valence-corrected chi connectivity index (χ0v) is 23.1. The maximum absolute atomic E-state index is 13.1. The van der Waals surface area contributed by atoms with Gasteiger partial charge in [0.1, 0.15) is 17.3 Å². The van der Waals surface area contributed by atoms with Gasteiger partial charge in [0.15, 0.2) is 5.78 Å². The number of unbranched alkanes of at least 4 members (excludes halogenated alkanes) is 6. The lowest BCUT2D eigenvalue weighted by molar-refractivity contribution is -0.221. The Labute approximate surface area is 221 Å². The number of Topliss-reactive ketones (excluding diaryl/α,β-unsaturated/α-hetero) is 1. The van der Waals surface area contributed by atoms with E-state index < -0.39 is 63.7 Å². The van der Waals surface area contributed by atoms with Crippen LogP contribution >= 0.6 is 0 Å². The zero-order chi connectivity index (χ0) is 27.4. The number of aliphatic hydroxyl groups excluding tert-OH is 1. The summed E-state index contributed by atoms with van der Waals surface area (Å²) < 4.78 is 5.98. The minimum absolute atomic E-state index is 0.0827. The first kappa shape index (κ1) is 28.5. The summed E-state index contributed by atoms with van der Waals surface area (Å²) in [5.74, 6) is -3.66. The third-order valence-corrected chi connectivity index (χ3v) is 10.2. The van der Waals surface area contributed by atoms with Gasteiger partial charge >= 0.3 is 5.97 Å². The maximum atomic E-state index is 13.1. The highest BCUT2D eigenvalue weighted by Crippen LogP contribution is 2.75. The van der Waals surface area contributed by atoms with Crippen LogP contribution in [-0.4, -0.2) is 61.7 Å². The van der Waals surface area contributed by atoms with Crippen molar-refractivity contribution in [3.05, 3.63) is 23.3 Å². The number of hydrogen-bond donors (Lipinski definition) is 4. The summed E-state index contributed by atoms with van der Waals surface area (Å²) in [6.07, 6.45) is 10.1. The molecular weight excluding hydrogens is 472 g/mol. The molecule has 0 unspecified atom stereocenters. The fourth-order valence-corrected chi connectivity index (χ4v) is 8.03. The highest BCUT2D eigenvalue weighted by molar-refractivity contribution is 6.04. The van der Waals surface area contributed by atoms with Gasteiger partial charge in [-0.05, 0) is 24.5 Å². The Morgan fingerprint density at radius 3 is 2.30 bits per heavy atom. The summed E-state index contributed by atoms with van der Waals surface area (Å²) in [4.78, 5) is 26.1. The second-order valence-corrected chi connectivity index (χ2v) is 12.7. The van der Waals surface area contributed by atoms with Gasteiger partial charge in [0, 0.05) is 41.9 Å². The normalized spacial score (nSPS) is 41.6. The van der Waals surface area contributed by atoms with Gasteiger partial charge < -0.3 is 25.2 Å². The van der Waals surface area contributed by atoms with Crippen LogP contribution in [0.1, 0.15) is 92.4 Å². The van der Waals surface area contributed by atoms with E-state index in [2.05, 4.69) is 6.92 Å². The first-order valence-electron chi connectivity index (χ1n) is 14.2. The number of carbonyl (C=O) groups is 2. The standard InChI is InChI=1S/C30H46O7/c1-6-7-8-9-10-11-12-13-23(32)37-26-19(3)29(35)21(24-27(4,5)30(24,26)36)15-20(17-31)16-28(34)22(29)14-18(2)25(28)33/h14-15,19,21-22,24,26,31,34-36H,6-13,16-17H2,1-5H3/t19-,21+,22+,24-,26-,28-,29+,30-/m1/s1. The highest BCUT2D eigenvalue weighted by Gasteiger charge is 2.85. The van der Waals surface area contributed by atoms with E-state index >= 15 is 0 Å². The smallest absolute Gasteiger partial charge is 0.306 e. The Bertz CT molecular complexity index is 982. The molecule has 37 heavy (non-hydrogen) atoms. The Balaban J connectivity index is 1.60. The molecule has 0 bridgehead atoms. The summed E-state index contributed by atoms with van der Waals surface area (Å²) in [5, 5.41) is 46.1. The summed E-state index contributed by atoms with van der Waals surface area (Å²) in [7, 11) is 0. The molecule has 0 spiro atoms. The average Bonchev–Trinajstić information content (AvgIpc) is 3.24. The Hall–Kier alpha value is -1.54. The quantitative estimate of drug-likeness (QED) is 0.198. The highest BCUT2D eigenvalue weighted by atomic mass is 16.6. The van der Waals surface area contributed by atoms with Crippen molar-refractivity contribution in [3.8, 4) is 0 Å². The molecule has 0 aromatic heterocycles. The molecule has 7 heteroatoms. The molecule has 4 aliphatic rings. The molecule has 208 valence electrons. The lowest BCUT2D eigenvalue weighted by Gasteiger charge is -2.52. The van der Waals surface area contributed by atoms with Crippen molar-refractivity contribution in [2.75, 3.05) is 6.61 Å². The molecule has 0 heterocycles. The van der Waals surface area contributed by atoms with Gasteiger partial charge in [-0.15, -0.1) is 0 Å². The summed E-state index contributed by atoms with van der Waals surface area (Å²) in [6.45, 7) is 8.99. The summed E-state index contributed by atoms with van der Waals surface area (Å²) in [6, 6.07) is 0. The van der Waals surface area contributed by atoms with Crippen LogP contribution in [0.15, 0.2) is 23.3 Å². The number of ether oxygens (including phenoxy) is 1. The van der Waals surface area contributed by atoms with E-state index in [-0.39, 0.29) is 19.4 Å². The molecule has 4 rings (SSSR count). The Morgan fingerprint density at radius 1 is 1.05 bits per heavy atom. The Morgan fingerprint density at radius 2 is 1.68 bits per heavy atom. The topological polar surface area (TPSA) is 124 Å². The minimum Gasteiger partial charge on any atom is -0.459 e. The third-order valence-electron chi connectivity index (χ3n) is 10.2. The molecule has 4 aliphatic carbocycles. The second kappa shape index (κ2) is 9.89. The Kier molecular flexibility index (Phi) is 7.61. The molecular formula is C30H46O7. The molecule has 0 aliphatic heterocycles. The van der Waals surface area contributed by atoms with Crippen LogP contribution in [0.5, 0.6) is 0 Å². The van der Waals surface area contributed by atoms with Gasteiger partial charge in [-0.1, -0.05) is 78.4 Å². The fraction of sp³-hybridized carbons (Fsp3) is 0.800. The largest absolute Gasteiger partial charge is 0.459 e. The van der Waals surface area contributed by atoms with Crippen LogP contribution in [-0.2, 0) is 14.3 Å². The van der Waals surface area contributed by atoms with E-state index in [1.165, 1.54) is 19.3 Å². The number of aliphatic hydroxyl groups is 4. The van der Waals surface area contributed by atoms with Crippen LogP contribution in [0.25, 0.3) is 0 Å². The molecule has 4 N–H and O–H groups in total. The van der Waals surface area contributed by atoms with Crippen LogP contribution in [0.4, 0.5) is 0 Å². The number of ketones is 1. The lowest BCUT2D eigenvalue weighted by atomic mass is 9.59. The van der Waals surface area contributed by atoms with Crippen LogP contribution in [0, 0.1) is 29.1 Å². The molecule has 2 fully saturated rings. The van der Waals surface area contributed by atoms with E-state index in [4.69, 9.17) is 4.74 Å². The molecule has 8 atom stereocenters. The molecule has 2 saturated carbocycles. The predicted molar refractivity (Wildman–Crippen MR) is 139 cm³/mol. The molecule has 0 aromatic carbocycles. The lowest BCUT2D eigenvalue weighted by Crippen LogP contribution is -2.65. The first-order valence-corrected chi connectivity index (χ1v) is 14.2. The van der Waals surface area contributed by atoms with Gasteiger partial charge in [0.05, 0.1) is 12.2 Å². The van der Waals surface area contributed by atoms with E-state index in [9.17, 15) is 30.0 Å². The van der Waals surface area contributed by atoms with E-state index in [1.807, 2.05) is 13.8 Å². The molecule has 0 radical (unpaired) electrons. The van der Waals surface area contributed by atoms with E-state index in [1.54, 1.807) is 26.0 Å². The fourth-order valence-electron chi connectivity index (χ4n) is 8.03. The predicted octanol–water partition coefficient (Wildman–Crippen LogP) is 3.62. The van der Waals surface area contributed by atoms with Gasteiger partial charge in [-0.2, -0.15) is 0 Å². The van der Waals surface area contributed by atoms with Crippen molar-refractivity contribution in [1.29, 1.82) is 0 Å². The van der Waals surface area contributed by atoms with Crippen LogP contribution < -0.4 is 0 Å². The first-order chi connectivity index (χ1) is 17.3. The third kappa shape index (κ3) is 4.16. The number of esters is 1. The van der Waals surface area contributed by atoms with Crippen molar-refractivity contribution in [2.45, 2.75) is 115 Å². The molecule has 0 aromatic rings. The number of fused-ring (bicyclic) bond motifs is 5. The molecule has 0 saturated heterocycles. The number of rotatable bonds is 10. The van der Waals surface area contributed by atoms with Crippen molar-refractivity contribution in [1.82, 2.24) is 0 Å².